The molecular formula is C15H27N2O. The van der Waals surface area contributed by atoms with E-state index in [-0.39, 0.29) is 11.1 Å². The molecule has 18 heavy (non-hydrogen) atoms. The highest BCUT2D eigenvalue weighted by molar-refractivity contribution is 5.15. The first-order valence-electron chi connectivity index (χ1n) is 7.07. The molecule has 103 valence electrons. The lowest BCUT2D eigenvalue weighted by atomic mass is 9.71. The van der Waals surface area contributed by atoms with Gasteiger partial charge in [0.25, 0.3) is 0 Å². The van der Waals surface area contributed by atoms with Crippen LogP contribution in [0, 0.1) is 5.92 Å². The minimum absolute atomic E-state index is 0.239. The molecule has 1 saturated heterocycles. The van der Waals surface area contributed by atoms with Crippen molar-refractivity contribution in [2.75, 3.05) is 20.1 Å². The van der Waals surface area contributed by atoms with Gasteiger partial charge in [0.1, 0.15) is 0 Å². The summed E-state index contributed by atoms with van der Waals surface area (Å²) in [5, 5.41) is 13.7. The highest BCUT2D eigenvalue weighted by Gasteiger charge is 2.46. The Kier molecular flexibility index (Phi) is 3.60. The molecule has 0 N–H and O–H groups in total. The summed E-state index contributed by atoms with van der Waals surface area (Å²) < 4.78 is 0. The smallest absolute Gasteiger partial charge is 0.0449 e. The van der Waals surface area contributed by atoms with E-state index in [4.69, 9.17) is 0 Å². The van der Waals surface area contributed by atoms with E-state index >= 15 is 0 Å². The Hall–Kier alpha value is -0.380. The van der Waals surface area contributed by atoms with Crippen LogP contribution in [0.25, 0.3) is 0 Å². The highest BCUT2D eigenvalue weighted by Crippen LogP contribution is 2.43. The number of hydrogen-bond acceptors (Lipinski definition) is 2. The van der Waals surface area contributed by atoms with Gasteiger partial charge in [-0.2, -0.15) is 0 Å². The zero-order valence-corrected chi connectivity index (χ0v) is 12.5. The maximum atomic E-state index is 12.3. The van der Waals surface area contributed by atoms with Gasteiger partial charge in [-0.15, -0.1) is 10.3 Å². The molecule has 0 aliphatic carbocycles. The molecule has 3 nitrogen and oxygen atoms in total. The first-order chi connectivity index (χ1) is 8.22. The van der Waals surface area contributed by atoms with Crippen molar-refractivity contribution < 1.29 is 5.21 Å². The fraction of sp³-hybridized carbons (Fsp3) is 0.867. The van der Waals surface area contributed by atoms with Crippen LogP contribution in [0.4, 0.5) is 0 Å². The number of hydroxylamine groups is 2. The molecule has 2 rings (SSSR count). The van der Waals surface area contributed by atoms with Crippen molar-refractivity contribution in [3.8, 4) is 0 Å². The standard InChI is InChI=1S/C15H27N2O/c1-14(2)10-13(11-15(3,4)17(14)18)12-6-8-16(5)9-7-12/h6,13H,7-11H2,1-5H3. The average molecular weight is 251 g/mol. The third-order valence-electron chi connectivity index (χ3n) is 4.56. The second-order valence-electron chi connectivity index (χ2n) is 7.32. The predicted molar refractivity (Wildman–Crippen MR) is 73.6 cm³/mol. The molecule has 0 bridgehead atoms. The second kappa shape index (κ2) is 4.62. The number of nitrogens with zero attached hydrogens (tertiary/aromatic N) is 2. The normalized spacial score (nSPS) is 30.2. The van der Waals surface area contributed by atoms with Gasteiger partial charge in [0.2, 0.25) is 0 Å². The van der Waals surface area contributed by atoms with Crippen LogP contribution in [0.1, 0.15) is 47.0 Å². The van der Waals surface area contributed by atoms with Crippen molar-refractivity contribution in [1.29, 1.82) is 0 Å². The van der Waals surface area contributed by atoms with Gasteiger partial charge in [-0.25, -0.2) is 0 Å². The third kappa shape index (κ3) is 2.63. The molecule has 2 heterocycles. The highest BCUT2D eigenvalue weighted by atomic mass is 16.5. The van der Waals surface area contributed by atoms with Crippen molar-refractivity contribution in [1.82, 2.24) is 9.96 Å². The molecule has 0 amide bonds. The minimum Gasteiger partial charge on any atom is -0.302 e. The molecule has 0 unspecified atom stereocenters. The van der Waals surface area contributed by atoms with Crippen LogP contribution in [0.15, 0.2) is 11.6 Å². The van der Waals surface area contributed by atoms with E-state index in [2.05, 4.69) is 45.7 Å². The maximum Gasteiger partial charge on any atom is 0.0449 e. The summed E-state index contributed by atoms with van der Waals surface area (Å²) in [6, 6.07) is 0. The van der Waals surface area contributed by atoms with Crippen LogP contribution in [-0.4, -0.2) is 41.2 Å². The number of hydrogen-bond donors (Lipinski definition) is 0. The van der Waals surface area contributed by atoms with Crippen LogP contribution in [0.2, 0.25) is 0 Å². The molecule has 2 aliphatic heterocycles. The molecule has 0 atom stereocenters. The molecular weight excluding hydrogens is 224 g/mol. The number of rotatable bonds is 1. The summed E-state index contributed by atoms with van der Waals surface area (Å²) in [5.41, 5.74) is 1.11. The zero-order valence-electron chi connectivity index (χ0n) is 12.5. The summed E-state index contributed by atoms with van der Waals surface area (Å²) in [7, 11) is 2.17. The quantitative estimate of drug-likeness (QED) is 0.670. The lowest BCUT2D eigenvalue weighted by Crippen LogP contribution is -2.58. The lowest BCUT2D eigenvalue weighted by molar-refractivity contribution is -0.292. The summed E-state index contributed by atoms with van der Waals surface area (Å²) in [6.45, 7) is 10.6. The van der Waals surface area contributed by atoms with E-state index in [0.717, 1.165) is 25.9 Å². The molecule has 0 spiro atoms. The molecule has 1 radical (unpaired) electrons. The molecule has 2 aliphatic rings. The van der Waals surface area contributed by atoms with E-state index in [1.807, 2.05) is 0 Å². The lowest BCUT2D eigenvalue weighted by Gasteiger charge is -2.51. The van der Waals surface area contributed by atoms with Gasteiger partial charge < -0.3 is 4.90 Å². The van der Waals surface area contributed by atoms with Gasteiger partial charge >= 0.3 is 0 Å². The Bertz CT molecular complexity index is 328. The third-order valence-corrected chi connectivity index (χ3v) is 4.56. The van der Waals surface area contributed by atoms with Crippen LogP contribution >= 0.6 is 0 Å². The SMILES string of the molecule is CN1CC=C(C2CC(C)(C)N([O])C(C)(C)C2)CC1. The largest absolute Gasteiger partial charge is 0.302 e. The van der Waals surface area contributed by atoms with Crippen molar-refractivity contribution >= 4 is 0 Å². The Balaban J connectivity index is 2.16. The van der Waals surface area contributed by atoms with Gasteiger partial charge in [-0.3, -0.25) is 0 Å². The Morgan fingerprint density at radius 2 is 1.72 bits per heavy atom. The van der Waals surface area contributed by atoms with Crippen LogP contribution in [0.5, 0.6) is 0 Å². The maximum absolute atomic E-state index is 12.3. The fourth-order valence-electron chi connectivity index (χ4n) is 3.68. The van der Waals surface area contributed by atoms with Crippen LogP contribution in [-0.2, 0) is 5.21 Å². The second-order valence-corrected chi connectivity index (χ2v) is 7.32. The van der Waals surface area contributed by atoms with Crippen molar-refractivity contribution in [3.63, 3.8) is 0 Å². The molecule has 0 saturated carbocycles. The average Bonchev–Trinajstić information content (AvgIpc) is 2.26. The van der Waals surface area contributed by atoms with Gasteiger partial charge in [-0.05, 0) is 59.9 Å². The molecule has 1 fully saturated rings. The summed E-state index contributed by atoms with van der Waals surface area (Å²) in [4.78, 5) is 2.35. The summed E-state index contributed by atoms with van der Waals surface area (Å²) >= 11 is 0. The number of likely N-dealkylation sites (N-methyl/N-ethyl adjacent to an activating group) is 1. The van der Waals surface area contributed by atoms with E-state index in [0.29, 0.717) is 5.92 Å². The van der Waals surface area contributed by atoms with Crippen LogP contribution in [0.3, 0.4) is 0 Å². The first kappa shape index (κ1) is 14.0. The number of piperidine rings is 1. The van der Waals surface area contributed by atoms with E-state index in [9.17, 15) is 5.21 Å². The van der Waals surface area contributed by atoms with Crippen molar-refractivity contribution in [2.45, 2.75) is 58.0 Å². The monoisotopic (exact) mass is 251 g/mol. The molecule has 0 aromatic rings. The molecule has 0 aromatic heterocycles. The van der Waals surface area contributed by atoms with Gasteiger partial charge in [0.15, 0.2) is 0 Å². The Labute approximate surface area is 111 Å². The van der Waals surface area contributed by atoms with Gasteiger partial charge in [0.05, 0.1) is 0 Å². The fourth-order valence-corrected chi connectivity index (χ4v) is 3.68. The minimum atomic E-state index is -0.239. The van der Waals surface area contributed by atoms with E-state index < -0.39 is 0 Å². The topological polar surface area (TPSA) is 26.4 Å². The summed E-state index contributed by atoms with van der Waals surface area (Å²) in [6.07, 6.45) is 5.55. The van der Waals surface area contributed by atoms with E-state index in [1.54, 1.807) is 5.57 Å². The zero-order chi connectivity index (χ0) is 13.6. The van der Waals surface area contributed by atoms with E-state index in [1.165, 1.54) is 11.5 Å². The first-order valence-corrected chi connectivity index (χ1v) is 7.07. The van der Waals surface area contributed by atoms with Gasteiger partial charge in [-0.1, -0.05) is 11.6 Å². The molecule has 3 heteroatoms. The summed E-state index contributed by atoms with van der Waals surface area (Å²) in [5.74, 6) is 0.592. The van der Waals surface area contributed by atoms with Crippen molar-refractivity contribution in [2.24, 2.45) is 5.92 Å². The Morgan fingerprint density at radius 1 is 1.17 bits per heavy atom. The Morgan fingerprint density at radius 3 is 2.17 bits per heavy atom. The molecule has 0 aromatic carbocycles. The van der Waals surface area contributed by atoms with Gasteiger partial charge in [0, 0.05) is 24.2 Å². The predicted octanol–water partition coefficient (Wildman–Crippen LogP) is 2.86. The van der Waals surface area contributed by atoms with Crippen molar-refractivity contribution in [3.05, 3.63) is 11.6 Å². The van der Waals surface area contributed by atoms with Crippen LogP contribution < -0.4 is 0 Å².